The predicted octanol–water partition coefficient (Wildman–Crippen LogP) is 4.10. The fourth-order valence-corrected chi connectivity index (χ4v) is 3.84. The summed E-state index contributed by atoms with van der Waals surface area (Å²) in [4.78, 5) is 25.4. The third kappa shape index (κ3) is 4.74. The van der Waals surface area contributed by atoms with Crippen molar-refractivity contribution in [2.45, 2.75) is 39.2 Å². The van der Waals surface area contributed by atoms with Gasteiger partial charge in [-0.2, -0.15) is 5.21 Å². The van der Waals surface area contributed by atoms with Crippen LogP contribution in [0, 0.1) is 0 Å². The van der Waals surface area contributed by atoms with Crippen molar-refractivity contribution in [1.29, 1.82) is 0 Å². The van der Waals surface area contributed by atoms with E-state index in [1.807, 2.05) is 61.5 Å². The van der Waals surface area contributed by atoms with E-state index in [-0.39, 0.29) is 11.6 Å². The Bertz CT molecular complexity index is 1300. The van der Waals surface area contributed by atoms with E-state index in [4.69, 9.17) is 0 Å². The highest BCUT2D eigenvalue weighted by molar-refractivity contribution is 5.80. The van der Waals surface area contributed by atoms with E-state index in [2.05, 4.69) is 27.2 Å². The lowest BCUT2D eigenvalue weighted by atomic mass is 9.98. The normalized spacial score (nSPS) is 10.9. The fraction of sp³-hybridized carbons (Fsp3) is 0.240. The molecule has 0 aliphatic heterocycles. The van der Waals surface area contributed by atoms with Crippen LogP contribution in [0.25, 0.3) is 22.5 Å². The number of allylic oxidation sites excluding steroid dienone is 1. The summed E-state index contributed by atoms with van der Waals surface area (Å²) in [5.41, 5.74) is 4.39. The highest BCUT2D eigenvalue weighted by Gasteiger charge is 2.16. The van der Waals surface area contributed by atoms with Crippen molar-refractivity contribution in [3.63, 3.8) is 0 Å². The molecular formula is C25H26N6O2. The van der Waals surface area contributed by atoms with Gasteiger partial charge in [0.25, 0.3) is 0 Å². The molecule has 2 heterocycles. The average Bonchev–Trinajstić information content (AvgIpc) is 3.48. The lowest BCUT2D eigenvalue weighted by Crippen LogP contribution is -2.29. The van der Waals surface area contributed by atoms with Crippen molar-refractivity contribution in [3.05, 3.63) is 89.1 Å². The monoisotopic (exact) mass is 442 g/mol. The molecule has 0 spiro atoms. The van der Waals surface area contributed by atoms with Gasteiger partial charge < -0.3 is 0 Å². The molecule has 0 aliphatic rings. The minimum absolute atomic E-state index is 0.172. The molecule has 0 atom stereocenters. The van der Waals surface area contributed by atoms with Crippen LogP contribution < -0.4 is 5.69 Å². The summed E-state index contributed by atoms with van der Waals surface area (Å²) < 4.78 is 2.93. The Morgan fingerprint density at radius 2 is 1.88 bits per heavy atom. The fourth-order valence-electron chi connectivity index (χ4n) is 3.84. The van der Waals surface area contributed by atoms with Gasteiger partial charge in [-0.3, -0.25) is 9.36 Å². The molecule has 8 heteroatoms. The van der Waals surface area contributed by atoms with Crippen LogP contribution in [0.1, 0.15) is 42.2 Å². The molecule has 2 aromatic carbocycles. The standard InChI is InChI=1S/C25H26N6O2/c1-3-5-9-20-17-31(23(32)8-4-2)25(33)30(20)16-18-12-14-19(15-13-18)21-10-6-7-11-22(21)24-26-28-29-27-24/h3,6-7,10-15,17H,1,4-5,8-9,16H2,2H3,(H,26,27,28,29). The van der Waals surface area contributed by atoms with E-state index >= 15 is 0 Å². The topological polar surface area (TPSA) is 98.5 Å². The number of aryl methyl sites for hydroxylation is 1. The number of nitrogens with one attached hydrogen (secondary N) is 1. The van der Waals surface area contributed by atoms with E-state index in [0.29, 0.717) is 31.6 Å². The molecule has 1 N–H and O–H groups in total. The van der Waals surface area contributed by atoms with Gasteiger partial charge in [-0.1, -0.05) is 61.5 Å². The van der Waals surface area contributed by atoms with E-state index in [9.17, 15) is 9.59 Å². The molecule has 33 heavy (non-hydrogen) atoms. The van der Waals surface area contributed by atoms with E-state index in [1.54, 1.807) is 10.8 Å². The van der Waals surface area contributed by atoms with E-state index in [1.165, 1.54) is 4.57 Å². The van der Waals surface area contributed by atoms with Gasteiger partial charge in [0, 0.05) is 23.9 Å². The Balaban J connectivity index is 1.63. The van der Waals surface area contributed by atoms with Crippen molar-refractivity contribution in [1.82, 2.24) is 29.8 Å². The molecule has 0 bridgehead atoms. The second-order valence-electron chi connectivity index (χ2n) is 7.81. The molecule has 0 fully saturated rings. The second kappa shape index (κ2) is 10.0. The quantitative estimate of drug-likeness (QED) is 0.394. The van der Waals surface area contributed by atoms with Gasteiger partial charge in [0.15, 0.2) is 0 Å². The van der Waals surface area contributed by atoms with Crippen LogP contribution in [0.2, 0.25) is 0 Å². The third-order valence-corrected chi connectivity index (χ3v) is 5.52. The summed E-state index contributed by atoms with van der Waals surface area (Å²) in [5.74, 6) is 0.362. The molecule has 0 unspecified atom stereocenters. The van der Waals surface area contributed by atoms with Crippen LogP contribution >= 0.6 is 0 Å². The number of hydrogen-bond donors (Lipinski definition) is 1. The van der Waals surface area contributed by atoms with Crippen LogP contribution in [-0.2, 0) is 13.0 Å². The predicted molar refractivity (Wildman–Crippen MR) is 127 cm³/mol. The second-order valence-corrected chi connectivity index (χ2v) is 7.81. The van der Waals surface area contributed by atoms with E-state index < -0.39 is 0 Å². The molecule has 0 saturated carbocycles. The molecule has 0 aliphatic carbocycles. The summed E-state index contributed by atoms with van der Waals surface area (Å²) in [6.45, 7) is 6.09. The first-order valence-corrected chi connectivity index (χ1v) is 11.0. The number of nitrogens with zero attached hydrogens (tertiary/aromatic N) is 5. The summed E-state index contributed by atoms with van der Waals surface area (Å²) in [7, 11) is 0. The number of aromatic nitrogens is 6. The van der Waals surface area contributed by atoms with Crippen LogP contribution in [-0.4, -0.2) is 35.7 Å². The van der Waals surface area contributed by atoms with Gasteiger partial charge in [-0.05, 0) is 41.2 Å². The minimum Gasteiger partial charge on any atom is -0.292 e. The number of carbonyl (C=O) groups excluding carboxylic acids is 1. The molecule has 168 valence electrons. The van der Waals surface area contributed by atoms with Gasteiger partial charge in [-0.25, -0.2) is 9.36 Å². The van der Waals surface area contributed by atoms with Crippen molar-refractivity contribution < 1.29 is 4.79 Å². The molecule has 4 rings (SSSR count). The largest absolute Gasteiger partial charge is 0.335 e. The maximum atomic E-state index is 13.0. The number of rotatable bonds is 9. The van der Waals surface area contributed by atoms with Gasteiger partial charge in [-0.15, -0.1) is 16.8 Å². The number of H-pyrrole nitrogens is 1. The zero-order valence-corrected chi connectivity index (χ0v) is 18.6. The lowest BCUT2D eigenvalue weighted by molar-refractivity contribution is 0.0897. The Hall–Kier alpha value is -4.07. The molecule has 0 saturated heterocycles. The SMILES string of the molecule is C=CCCc1cn(C(=O)CCC)c(=O)n1Cc1ccc(-c2ccccc2-c2nn[nH]n2)cc1. The Morgan fingerprint density at radius 3 is 2.55 bits per heavy atom. The van der Waals surface area contributed by atoms with Gasteiger partial charge in [0.05, 0.1) is 6.54 Å². The number of benzene rings is 2. The zero-order valence-electron chi connectivity index (χ0n) is 18.6. The third-order valence-electron chi connectivity index (χ3n) is 5.52. The average molecular weight is 443 g/mol. The smallest absolute Gasteiger partial charge is 0.292 e. The number of carbonyl (C=O) groups is 1. The van der Waals surface area contributed by atoms with Crippen molar-refractivity contribution >= 4 is 5.91 Å². The Kier molecular flexibility index (Phi) is 6.73. The summed E-state index contributed by atoms with van der Waals surface area (Å²) in [5, 5.41) is 14.3. The van der Waals surface area contributed by atoms with Crippen molar-refractivity contribution in [3.8, 4) is 22.5 Å². The molecule has 0 amide bonds. The summed E-state index contributed by atoms with van der Waals surface area (Å²) in [6.07, 6.45) is 5.93. The molecule has 2 aromatic heterocycles. The maximum Gasteiger partial charge on any atom is 0.335 e. The van der Waals surface area contributed by atoms with Crippen LogP contribution in [0.3, 0.4) is 0 Å². The zero-order chi connectivity index (χ0) is 23.2. The first kappa shape index (κ1) is 22.1. The molecular weight excluding hydrogens is 416 g/mol. The lowest BCUT2D eigenvalue weighted by Gasteiger charge is -2.10. The van der Waals surface area contributed by atoms with Gasteiger partial charge in [0.2, 0.25) is 11.7 Å². The first-order valence-electron chi connectivity index (χ1n) is 11.0. The Labute approximate surface area is 191 Å². The van der Waals surface area contributed by atoms with Crippen LogP contribution in [0.5, 0.6) is 0 Å². The van der Waals surface area contributed by atoms with Gasteiger partial charge in [0.1, 0.15) is 0 Å². The van der Waals surface area contributed by atoms with Crippen molar-refractivity contribution in [2.75, 3.05) is 0 Å². The summed E-state index contributed by atoms with van der Waals surface area (Å²) >= 11 is 0. The van der Waals surface area contributed by atoms with Crippen LogP contribution in [0.15, 0.2) is 72.2 Å². The number of imidazole rings is 1. The maximum absolute atomic E-state index is 13.0. The summed E-state index contributed by atoms with van der Waals surface area (Å²) in [6, 6.07) is 15.9. The minimum atomic E-state index is -0.293. The highest BCUT2D eigenvalue weighted by atomic mass is 16.2. The Morgan fingerprint density at radius 1 is 1.12 bits per heavy atom. The highest BCUT2D eigenvalue weighted by Crippen LogP contribution is 2.29. The van der Waals surface area contributed by atoms with Crippen LogP contribution in [0.4, 0.5) is 0 Å². The van der Waals surface area contributed by atoms with E-state index in [0.717, 1.165) is 34.4 Å². The number of hydrogen-bond acceptors (Lipinski definition) is 5. The molecule has 0 radical (unpaired) electrons. The number of tetrazole rings is 1. The molecule has 4 aromatic rings. The van der Waals surface area contributed by atoms with Gasteiger partial charge >= 0.3 is 5.69 Å². The van der Waals surface area contributed by atoms with Crippen molar-refractivity contribution in [2.24, 2.45) is 0 Å². The first-order chi connectivity index (χ1) is 16.1. The molecule has 8 nitrogen and oxygen atoms in total. The number of aromatic amines is 1.